The van der Waals surface area contributed by atoms with Crippen LogP contribution in [0.1, 0.15) is 15.9 Å². The fourth-order valence-corrected chi connectivity index (χ4v) is 3.72. The predicted molar refractivity (Wildman–Crippen MR) is 130 cm³/mol. The molecule has 0 saturated carbocycles. The van der Waals surface area contributed by atoms with Gasteiger partial charge in [0, 0.05) is 23.7 Å². The first-order valence-corrected chi connectivity index (χ1v) is 10.9. The van der Waals surface area contributed by atoms with E-state index in [1.807, 2.05) is 36.7 Å². The quantitative estimate of drug-likeness (QED) is 0.328. The van der Waals surface area contributed by atoms with Crippen molar-refractivity contribution in [2.75, 3.05) is 18.5 Å². The van der Waals surface area contributed by atoms with Gasteiger partial charge in [-0.05, 0) is 42.0 Å². The van der Waals surface area contributed by atoms with Gasteiger partial charge in [0.05, 0.1) is 29.7 Å². The Bertz CT molecular complexity index is 1410. The van der Waals surface area contributed by atoms with E-state index in [9.17, 15) is 4.79 Å². The van der Waals surface area contributed by atoms with Crippen LogP contribution in [-0.4, -0.2) is 44.0 Å². The summed E-state index contributed by atoms with van der Waals surface area (Å²) in [5, 5.41) is 18.9. The number of imidazole rings is 1. The van der Waals surface area contributed by atoms with Gasteiger partial charge in [-0.3, -0.25) is 9.89 Å². The van der Waals surface area contributed by atoms with Crippen molar-refractivity contribution < 1.29 is 14.6 Å². The summed E-state index contributed by atoms with van der Waals surface area (Å²) in [4.78, 5) is 17.1. The molecular weight excluding hydrogens is 430 g/mol. The molecule has 0 aliphatic carbocycles. The number of hydrogen-bond acceptors (Lipinski definition) is 5. The number of benzene rings is 3. The first-order valence-electron chi connectivity index (χ1n) is 10.9. The van der Waals surface area contributed by atoms with Gasteiger partial charge < -0.3 is 19.7 Å². The van der Waals surface area contributed by atoms with Gasteiger partial charge in [-0.1, -0.05) is 36.4 Å². The topological polar surface area (TPSA) is 105 Å². The Hall–Kier alpha value is -4.43. The van der Waals surface area contributed by atoms with Crippen molar-refractivity contribution in [2.45, 2.75) is 6.54 Å². The molecular formula is C26H23N5O3. The molecule has 3 N–H and O–H groups in total. The van der Waals surface area contributed by atoms with Crippen molar-refractivity contribution in [3.05, 3.63) is 96.3 Å². The minimum atomic E-state index is -0.275. The second-order valence-corrected chi connectivity index (χ2v) is 7.78. The molecule has 5 aromatic rings. The molecule has 0 spiro atoms. The van der Waals surface area contributed by atoms with E-state index in [1.165, 1.54) is 5.56 Å². The van der Waals surface area contributed by atoms with Crippen LogP contribution in [0.4, 0.5) is 5.82 Å². The lowest BCUT2D eigenvalue weighted by atomic mass is 10.1. The first-order chi connectivity index (χ1) is 16.7. The van der Waals surface area contributed by atoms with Crippen LogP contribution in [0.15, 0.2) is 85.2 Å². The molecule has 3 aromatic carbocycles. The highest BCUT2D eigenvalue weighted by molar-refractivity contribution is 6.04. The SMILES string of the molecule is O=C(Nc1cc(-c2ccc3ncn(Cc4ccccc4)c3c2)[nH]n1)c1ccc(OCCO)cc1. The van der Waals surface area contributed by atoms with E-state index in [-0.39, 0.29) is 19.1 Å². The lowest BCUT2D eigenvalue weighted by Gasteiger charge is -2.06. The number of H-pyrrole nitrogens is 1. The summed E-state index contributed by atoms with van der Waals surface area (Å²) in [7, 11) is 0. The van der Waals surface area contributed by atoms with Gasteiger partial charge in [-0.2, -0.15) is 5.10 Å². The minimum absolute atomic E-state index is 0.0635. The summed E-state index contributed by atoms with van der Waals surface area (Å²) >= 11 is 0. The van der Waals surface area contributed by atoms with Crippen LogP contribution in [0, 0.1) is 0 Å². The van der Waals surface area contributed by atoms with Crippen LogP contribution in [0.2, 0.25) is 0 Å². The molecule has 0 atom stereocenters. The number of amides is 1. The van der Waals surface area contributed by atoms with Crippen molar-refractivity contribution in [1.82, 2.24) is 19.7 Å². The Kier molecular flexibility index (Phi) is 6.05. The summed E-state index contributed by atoms with van der Waals surface area (Å²) in [5.41, 5.74) is 5.35. The standard InChI is InChI=1S/C26H23N5O3/c32-12-13-34-21-9-6-19(7-10-21)26(33)28-25-15-23(29-30-25)20-8-11-22-24(14-20)31(17-27-22)16-18-4-2-1-3-5-18/h1-11,14-15,17,32H,12-13,16H2,(H2,28,29,30,33). The third kappa shape index (κ3) is 4.67. The summed E-state index contributed by atoms with van der Waals surface area (Å²) in [6.45, 7) is 0.876. The van der Waals surface area contributed by atoms with E-state index in [0.29, 0.717) is 17.1 Å². The Morgan fingerprint density at radius 2 is 1.85 bits per heavy atom. The number of aliphatic hydroxyl groups is 1. The Labute approximate surface area is 195 Å². The molecule has 8 nitrogen and oxygen atoms in total. The Balaban J connectivity index is 1.31. The molecule has 2 aromatic heterocycles. The second-order valence-electron chi connectivity index (χ2n) is 7.78. The smallest absolute Gasteiger partial charge is 0.256 e. The molecule has 34 heavy (non-hydrogen) atoms. The van der Waals surface area contributed by atoms with E-state index < -0.39 is 0 Å². The second kappa shape index (κ2) is 9.60. The van der Waals surface area contributed by atoms with E-state index in [0.717, 1.165) is 28.8 Å². The van der Waals surface area contributed by atoms with Crippen LogP contribution >= 0.6 is 0 Å². The summed E-state index contributed by atoms with van der Waals surface area (Å²) in [6.07, 6.45) is 1.85. The zero-order chi connectivity index (χ0) is 23.3. The molecule has 0 saturated heterocycles. The van der Waals surface area contributed by atoms with E-state index in [4.69, 9.17) is 9.84 Å². The van der Waals surface area contributed by atoms with Gasteiger partial charge in [-0.15, -0.1) is 0 Å². The fourth-order valence-electron chi connectivity index (χ4n) is 3.72. The predicted octanol–water partition coefficient (Wildman–Crippen LogP) is 4.10. The van der Waals surface area contributed by atoms with E-state index >= 15 is 0 Å². The van der Waals surface area contributed by atoms with Crippen molar-refractivity contribution in [2.24, 2.45) is 0 Å². The lowest BCUT2D eigenvalue weighted by molar-refractivity contribution is 0.102. The van der Waals surface area contributed by atoms with Crippen LogP contribution in [0.5, 0.6) is 5.75 Å². The van der Waals surface area contributed by atoms with Gasteiger partial charge in [0.25, 0.3) is 5.91 Å². The number of hydrogen-bond donors (Lipinski definition) is 3. The van der Waals surface area contributed by atoms with Crippen molar-refractivity contribution in [1.29, 1.82) is 0 Å². The minimum Gasteiger partial charge on any atom is -0.491 e. The van der Waals surface area contributed by atoms with E-state index in [2.05, 4.69) is 43.3 Å². The third-order valence-electron chi connectivity index (χ3n) is 5.42. The highest BCUT2D eigenvalue weighted by Crippen LogP contribution is 2.25. The number of ether oxygens (including phenoxy) is 1. The molecule has 2 heterocycles. The summed E-state index contributed by atoms with van der Waals surface area (Å²) in [5.74, 6) is 0.746. The van der Waals surface area contributed by atoms with Crippen molar-refractivity contribution in [3.63, 3.8) is 0 Å². The zero-order valence-electron chi connectivity index (χ0n) is 18.3. The van der Waals surface area contributed by atoms with Crippen LogP contribution in [-0.2, 0) is 6.54 Å². The Morgan fingerprint density at radius 3 is 2.65 bits per heavy atom. The highest BCUT2D eigenvalue weighted by Gasteiger charge is 2.11. The van der Waals surface area contributed by atoms with Gasteiger partial charge >= 0.3 is 0 Å². The number of carbonyl (C=O) groups excluding carboxylic acids is 1. The van der Waals surface area contributed by atoms with Crippen LogP contribution < -0.4 is 10.1 Å². The number of fused-ring (bicyclic) bond motifs is 1. The van der Waals surface area contributed by atoms with Gasteiger partial charge in [-0.25, -0.2) is 4.98 Å². The van der Waals surface area contributed by atoms with Crippen molar-refractivity contribution >= 4 is 22.8 Å². The zero-order valence-corrected chi connectivity index (χ0v) is 18.3. The number of carbonyl (C=O) groups is 1. The van der Waals surface area contributed by atoms with E-state index in [1.54, 1.807) is 30.3 Å². The monoisotopic (exact) mass is 453 g/mol. The highest BCUT2D eigenvalue weighted by atomic mass is 16.5. The van der Waals surface area contributed by atoms with Crippen molar-refractivity contribution in [3.8, 4) is 17.0 Å². The first kappa shape index (κ1) is 21.4. The molecule has 0 aliphatic rings. The third-order valence-corrected chi connectivity index (χ3v) is 5.42. The molecule has 0 bridgehead atoms. The normalized spacial score (nSPS) is 11.0. The maximum absolute atomic E-state index is 12.6. The van der Waals surface area contributed by atoms with Crippen LogP contribution in [0.25, 0.3) is 22.3 Å². The number of rotatable bonds is 8. The molecule has 1 amide bonds. The summed E-state index contributed by atoms with van der Waals surface area (Å²) < 4.78 is 7.43. The molecule has 0 unspecified atom stereocenters. The summed E-state index contributed by atoms with van der Waals surface area (Å²) in [6, 6.07) is 24.8. The number of anilines is 1. The fraction of sp³-hybridized carbons (Fsp3) is 0.115. The lowest BCUT2D eigenvalue weighted by Crippen LogP contribution is -2.12. The Morgan fingerprint density at radius 1 is 1.03 bits per heavy atom. The average Bonchev–Trinajstić information content (AvgIpc) is 3.50. The molecule has 170 valence electrons. The number of aromatic nitrogens is 4. The van der Waals surface area contributed by atoms with Gasteiger partial charge in [0.1, 0.15) is 12.4 Å². The maximum Gasteiger partial charge on any atom is 0.256 e. The average molecular weight is 454 g/mol. The largest absolute Gasteiger partial charge is 0.491 e. The van der Waals surface area contributed by atoms with Gasteiger partial charge in [0.2, 0.25) is 0 Å². The molecule has 5 rings (SSSR count). The molecule has 0 aliphatic heterocycles. The molecule has 8 heteroatoms. The number of nitrogens with zero attached hydrogens (tertiary/aromatic N) is 3. The molecule has 0 radical (unpaired) electrons. The number of aromatic amines is 1. The number of aliphatic hydroxyl groups excluding tert-OH is 1. The molecule has 0 fully saturated rings. The van der Waals surface area contributed by atoms with Crippen LogP contribution in [0.3, 0.4) is 0 Å². The van der Waals surface area contributed by atoms with Gasteiger partial charge in [0.15, 0.2) is 5.82 Å². The number of nitrogens with one attached hydrogen (secondary N) is 2. The maximum atomic E-state index is 12.6.